The van der Waals surface area contributed by atoms with Gasteiger partial charge in [-0.2, -0.15) is 0 Å². The molecule has 0 rings (SSSR count). The van der Waals surface area contributed by atoms with Crippen molar-refractivity contribution in [2.75, 3.05) is 5.90 Å². The molecular weight excluding hydrogens is 346 g/mol. The summed E-state index contributed by atoms with van der Waals surface area (Å²) in [5.74, 6) is -0.0346. The average Bonchev–Trinajstić information content (AvgIpc) is 2.34. The fourth-order valence-corrected chi connectivity index (χ4v) is 4.82. The van der Waals surface area contributed by atoms with E-state index in [4.69, 9.17) is 9.79 Å². The summed E-state index contributed by atoms with van der Waals surface area (Å²) in [6, 6.07) is 0. The van der Waals surface area contributed by atoms with Gasteiger partial charge < -0.3 is 14.7 Å². The van der Waals surface area contributed by atoms with Crippen LogP contribution in [0.15, 0.2) is 46.8 Å². The van der Waals surface area contributed by atoms with E-state index in [0.717, 1.165) is 37.1 Å². The SMILES string of the molecule is CC(C)=CCC/C(C)=C/CC/C(C)=C/C=C/P(=O)(O)CP(=O)(O)O. The van der Waals surface area contributed by atoms with Crippen molar-refractivity contribution in [1.29, 1.82) is 0 Å². The van der Waals surface area contributed by atoms with Crippen LogP contribution in [0.25, 0.3) is 0 Å². The highest BCUT2D eigenvalue weighted by molar-refractivity contribution is 7.74. The van der Waals surface area contributed by atoms with Gasteiger partial charge in [-0.25, -0.2) is 0 Å². The van der Waals surface area contributed by atoms with Gasteiger partial charge in [-0.1, -0.05) is 41.0 Å². The predicted molar refractivity (Wildman–Crippen MR) is 101 cm³/mol. The van der Waals surface area contributed by atoms with E-state index in [1.54, 1.807) is 6.08 Å². The highest BCUT2D eigenvalue weighted by atomic mass is 31.2. The smallest absolute Gasteiger partial charge is 0.335 e. The molecule has 0 aliphatic heterocycles. The molecule has 0 aliphatic rings. The first kappa shape index (κ1) is 23.3. The Hall–Kier alpha value is -0.700. The number of hydrogen-bond donors (Lipinski definition) is 3. The van der Waals surface area contributed by atoms with Crippen molar-refractivity contribution in [3.05, 3.63) is 46.8 Å². The predicted octanol–water partition coefficient (Wildman–Crippen LogP) is 5.32. The van der Waals surface area contributed by atoms with Crippen LogP contribution in [0, 0.1) is 0 Å². The van der Waals surface area contributed by atoms with Gasteiger partial charge in [0.05, 0.1) is 0 Å². The zero-order valence-corrected chi connectivity index (χ0v) is 16.8. The molecule has 0 radical (unpaired) electrons. The van der Waals surface area contributed by atoms with Gasteiger partial charge in [0.25, 0.3) is 0 Å². The molecule has 0 bridgehead atoms. The van der Waals surface area contributed by atoms with Crippen molar-refractivity contribution >= 4 is 15.0 Å². The first-order valence-electron chi connectivity index (χ1n) is 7.91. The summed E-state index contributed by atoms with van der Waals surface area (Å²) in [5, 5.41) is 0. The van der Waals surface area contributed by atoms with E-state index in [-0.39, 0.29) is 0 Å². The zero-order chi connectivity index (χ0) is 18.8. The van der Waals surface area contributed by atoms with Crippen molar-refractivity contribution < 1.29 is 23.8 Å². The standard InChI is InChI=1S/C17H30O5P2/c1-15(2)8-5-9-16(3)10-6-11-17(4)12-7-13-23(18,19)14-24(20,21)22/h7-8,10,12-13H,5-6,9,11,14H2,1-4H3,(H,18,19)(H2,20,21,22)/b13-7+,16-10+,17-12+. The quantitative estimate of drug-likeness (QED) is 0.272. The van der Waals surface area contributed by atoms with Crippen LogP contribution in [-0.4, -0.2) is 20.6 Å². The molecule has 1 unspecified atom stereocenters. The van der Waals surface area contributed by atoms with Crippen molar-refractivity contribution in [2.24, 2.45) is 0 Å². The molecule has 24 heavy (non-hydrogen) atoms. The molecule has 0 aromatic rings. The zero-order valence-electron chi connectivity index (χ0n) is 15.0. The number of hydrogen-bond acceptors (Lipinski definition) is 2. The van der Waals surface area contributed by atoms with E-state index in [1.807, 2.05) is 6.92 Å². The molecule has 0 fully saturated rings. The van der Waals surface area contributed by atoms with E-state index in [0.29, 0.717) is 0 Å². The molecule has 0 amide bonds. The molecule has 3 N–H and O–H groups in total. The van der Waals surface area contributed by atoms with Crippen LogP contribution in [0.3, 0.4) is 0 Å². The van der Waals surface area contributed by atoms with Gasteiger partial charge in [-0.15, -0.1) is 0 Å². The fraction of sp³-hybridized carbons (Fsp3) is 0.529. The lowest BCUT2D eigenvalue weighted by Crippen LogP contribution is -1.87. The Labute approximate surface area is 145 Å². The lowest BCUT2D eigenvalue weighted by atomic mass is 10.1. The molecule has 0 spiro atoms. The average molecular weight is 376 g/mol. The van der Waals surface area contributed by atoms with Crippen LogP contribution >= 0.6 is 15.0 Å². The summed E-state index contributed by atoms with van der Waals surface area (Å²) in [6.07, 6.45) is 11.3. The lowest BCUT2D eigenvalue weighted by Gasteiger charge is -2.07. The maximum atomic E-state index is 11.6. The van der Waals surface area contributed by atoms with Crippen LogP contribution in [0.4, 0.5) is 0 Å². The second-order valence-corrected chi connectivity index (χ2v) is 10.6. The Morgan fingerprint density at radius 2 is 1.42 bits per heavy atom. The highest BCUT2D eigenvalue weighted by Crippen LogP contribution is 2.55. The van der Waals surface area contributed by atoms with Crippen molar-refractivity contribution in [3.63, 3.8) is 0 Å². The van der Waals surface area contributed by atoms with E-state index in [1.165, 1.54) is 17.2 Å². The Kier molecular flexibility index (Phi) is 10.7. The Morgan fingerprint density at radius 3 is 1.96 bits per heavy atom. The highest BCUT2D eigenvalue weighted by Gasteiger charge is 2.26. The summed E-state index contributed by atoms with van der Waals surface area (Å²) in [5.41, 5.74) is 3.71. The van der Waals surface area contributed by atoms with E-state index in [9.17, 15) is 14.0 Å². The van der Waals surface area contributed by atoms with Crippen LogP contribution in [0.5, 0.6) is 0 Å². The molecule has 138 valence electrons. The first-order chi connectivity index (χ1) is 10.9. The van der Waals surface area contributed by atoms with E-state index < -0.39 is 20.9 Å². The van der Waals surface area contributed by atoms with Crippen molar-refractivity contribution in [1.82, 2.24) is 0 Å². The minimum absolute atomic E-state index is 0.832. The van der Waals surface area contributed by atoms with Gasteiger partial charge in [0.15, 0.2) is 0 Å². The molecule has 0 aliphatic carbocycles. The molecule has 0 saturated heterocycles. The van der Waals surface area contributed by atoms with Crippen molar-refractivity contribution in [3.8, 4) is 0 Å². The maximum Gasteiger partial charge on any atom is 0.335 e. The number of allylic oxidation sites excluding steroid dienone is 7. The molecule has 0 aromatic carbocycles. The maximum absolute atomic E-state index is 11.6. The minimum Gasteiger partial charge on any atom is -0.341 e. The Bertz CT molecular complexity index is 604. The van der Waals surface area contributed by atoms with Gasteiger partial charge in [0.1, 0.15) is 5.90 Å². The molecule has 0 heterocycles. The molecule has 0 aromatic heterocycles. The lowest BCUT2D eigenvalue weighted by molar-refractivity contribution is 0.376. The van der Waals surface area contributed by atoms with Gasteiger partial charge in [0, 0.05) is 5.82 Å². The molecule has 1 atom stereocenters. The van der Waals surface area contributed by atoms with Gasteiger partial charge in [0.2, 0.25) is 7.37 Å². The summed E-state index contributed by atoms with van der Waals surface area (Å²) in [6.45, 7) is 8.21. The van der Waals surface area contributed by atoms with Crippen LogP contribution in [0.2, 0.25) is 0 Å². The third-order valence-electron chi connectivity index (χ3n) is 3.21. The second-order valence-electron chi connectivity index (χ2n) is 6.33. The topological polar surface area (TPSA) is 94.8 Å². The molecule has 0 saturated carbocycles. The number of rotatable bonds is 10. The largest absolute Gasteiger partial charge is 0.341 e. The molecular formula is C17H30O5P2. The summed E-state index contributed by atoms with van der Waals surface area (Å²) in [4.78, 5) is 26.9. The van der Waals surface area contributed by atoms with Crippen molar-refractivity contribution in [2.45, 2.75) is 53.4 Å². The Morgan fingerprint density at radius 1 is 0.875 bits per heavy atom. The van der Waals surface area contributed by atoms with E-state index in [2.05, 4.69) is 32.9 Å². The third kappa shape index (κ3) is 14.9. The van der Waals surface area contributed by atoms with Crippen LogP contribution in [0.1, 0.15) is 53.4 Å². The van der Waals surface area contributed by atoms with Crippen LogP contribution < -0.4 is 0 Å². The molecule has 5 nitrogen and oxygen atoms in total. The first-order valence-corrected chi connectivity index (χ1v) is 11.6. The van der Waals surface area contributed by atoms with Gasteiger partial charge >= 0.3 is 7.60 Å². The van der Waals surface area contributed by atoms with Gasteiger partial charge in [-0.05, 0) is 53.4 Å². The Balaban J connectivity index is 4.37. The van der Waals surface area contributed by atoms with E-state index >= 15 is 0 Å². The summed E-state index contributed by atoms with van der Waals surface area (Å²) < 4.78 is 22.4. The van der Waals surface area contributed by atoms with Crippen LogP contribution in [-0.2, 0) is 9.13 Å². The minimum atomic E-state index is -4.49. The van der Waals surface area contributed by atoms with Gasteiger partial charge in [-0.3, -0.25) is 9.13 Å². The summed E-state index contributed by atoms with van der Waals surface area (Å²) in [7, 11) is -8.43. The normalized spacial score (nSPS) is 16.3. The second kappa shape index (κ2) is 11.0. The fourth-order valence-electron chi connectivity index (χ4n) is 1.97. The molecule has 7 heteroatoms. The monoisotopic (exact) mass is 376 g/mol. The summed E-state index contributed by atoms with van der Waals surface area (Å²) >= 11 is 0. The third-order valence-corrected chi connectivity index (χ3v) is 6.94.